The molecule has 1 aliphatic rings. The normalized spacial score (nSPS) is 15.0. The average molecular weight is 203 g/mol. The maximum Gasteiger partial charge on any atom is 0.129 e. The Morgan fingerprint density at radius 1 is 1.47 bits per heavy atom. The molecule has 2 heterocycles. The monoisotopic (exact) mass is 203 g/mol. The summed E-state index contributed by atoms with van der Waals surface area (Å²) in [4.78, 5) is 4.55. The fourth-order valence-corrected chi connectivity index (χ4v) is 1.74. The number of nitrogens with one attached hydrogen (secondary N) is 1. The van der Waals surface area contributed by atoms with Gasteiger partial charge in [-0.05, 0) is 43.5 Å². The second-order valence-corrected chi connectivity index (χ2v) is 3.75. The van der Waals surface area contributed by atoms with Crippen LogP contribution in [0, 0.1) is 0 Å². The van der Waals surface area contributed by atoms with E-state index in [-0.39, 0.29) is 0 Å². The van der Waals surface area contributed by atoms with E-state index in [0.717, 1.165) is 30.9 Å². The molecule has 80 valence electrons. The molecule has 0 saturated carbocycles. The summed E-state index contributed by atoms with van der Waals surface area (Å²) in [5.41, 5.74) is 7.76. The minimum absolute atomic E-state index is 0.694. The molecule has 0 aromatic carbocycles. The van der Waals surface area contributed by atoms with E-state index in [9.17, 15) is 0 Å². The topological polar surface area (TPSA) is 50.9 Å². The molecule has 0 aliphatic carbocycles. The van der Waals surface area contributed by atoms with E-state index in [2.05, 4.69) is 28.5 Å². The first-order valence-corrected chi connectivity index (χ1v) is 5.50. The molecule has 0 radical (unpaired) electrons. The van der Waals surface area contributed by atoms with Gasteiger partial charge in [0, 0.05) is 6.54 Å². The van der Waals surface area contributed by atoms with Gasteiger partial charge in [-0.15, -0.1) is 0 Å². The summed E-state index contributed by atoms with van der Waals surface area (Å²) < 4.78 is 0. The quantitative estimate of drug-likeness (QED) is 0.787. The molecule has 0 atom stereocenters. The zero-order valence-corrected chi connectivity index (χ0v) is 8.87. The number of fused-ring (bicyclic) bond motifs is 1. The van der Waals surface area contributed by atoms with Crippen LogP contribution in [-0.4, -0.2) is 18.1 Å². The summed E-state index contributed by atoms with van der Waals surface area (Å²) in [6.07, 6.45) is 7.35. The van der Waals surface area contributed by atoms with Gasteiger partial charge in [0.05, 0.1) is 5.69 Å². The number of aromatic nitrogens is 1. The predicted octanol–water partition coefficient (Wildman–Crippen LogP) is 1.80. The van der Waals surface area contributed by atoms with Gasteiger partial charge in [-0.1, -0.05) is 12.1 Å². The number of rotatable bonds is 3. The predicted molar refractivity (Wildman–Crippen MR) is 63.8 cm³/mol. The largest absolute Gasteiger partial charge is 0.370 e. The molecule has 1 aromatic heterocycles. The Hall–Kier alpha value is -1.35. The van der Waals surface area contributed by atoms with Crippen LogP contribution in [-0.2, 0) is 6.42 Å². The van der Waals surface area contributed by atoms with E-state index in [1.165, 1.54) is 12.0 Å². The molecule has 1 aromatic rings. The average Bonchev–Trinajstić information content (AvgIpc) is 2.29. The molecule has 0 fully saturated rings. The van der Waals surface area contributed by atoms with Gasteiger partial charge in [-0.3, -0.25) is 0 Å². The van der Waals surface area contributed by atoms with Crippen molar-refractivity contribution in [3.8, 4) is 0 Å². The Morgan fingerprint density at radius 3 is 3.27 bits per heavy atom. The number of nitrogens with zero attached hydrogens (tertiary/aromatic N) is 1. The maximum atomic E-state index is 5.42. The lowest BCUT2D eigenvalue weighted by atomic mass is 10.1. The SMILES string of the molecule is NCCC=Cc1ccc2c(n1)NCCC2. The Balaban J connectivity index is 2.13. The van der Waals surface area contributed by atoms with Gasteiger partial charge in [0.15, 0.2) is 0 Å². The van der Waals surface area contributed by atoms with Crippen molar-refractivity contribution in [2.45, 2.75) is 19.3 Å². The summed E-state index contributed by atoms with van der Waals surface area (Å²) in [5, 5.41) is 3.32. The standard InChI is InChI=1S/C12H17N3/c13-8-2-1-5-11-7-6-10-4-3-9-14-12(10)15-11/h1,5-7H,2-4,8-9,13H2,(H,14,15). The molecular formula is C12H17N3. The molecule has 3 N–H and O–H groups in total. The fourth-order valence-electron chi connectivity index (χ4n) is 1.74. The minimum Gasteiger partial charge on any atom is -0.370 e. The smallest absolute Gasteiger partial charge is 0.129 e. The lowest BCUT2D eigenvalue weighted by molar-refractivity contribution is 0.817. The second kappa shape index (κ2) is 4.94. The number of pyridine rings is 1. The van der Waals surface area contributed by atoms with Crippen molar-refractivity contribution < 1.29 is 0 Å². The van der Waals surface area contributed by atoms with E-state index in [1.54, 1.807) is 0 Å². The van der Waals surface area contributed by atoms with E-state index >= 15 is 0 Å². The summed E-state index contributed by atoms with van der Waals surface area (Å²) in [5.74, 6) is 1.05. The van der Waals surface area contributed by atoms with Crippen molar-refractivity contribution in [1.82, 2.24) is 4.98 Å². The third-order valence-electron chi connectivity index (χ3n) is 2.54. The number of hydrogen-bond acceptors (Lipinski definition) is 3. The molecule has 0 unspecified atom stereocenters. The van der Waals surface area contributed by atoms with Gasteiger partial charge < -0.3 is 11.1 Å². The zero-order chi connectivity index (χ0) is 10.5. The second-order valence-electron chi connectivity index (χ2n) is 3.75. The van der Waals surface area contributed by atoms with Crippen LogP contribution < -0.4 is 11.1 Å². The van der Waals surface area contributed by atoms with Crippen LogP contribution in [0.15, 0.2) is 18.2 Å². The Kier molecular flexibility index (Phi) is 3.35. The molecular weight excluding hydrogens is 186 g/mol. The van der Waals surface area contributed by atoms with Crippen LogP contribution >= 0.6 is 0 Å². The van der Waals surface area contributed by atoms with Crippen molar-refractivity contribution >= 4 is 11.9 Å². The summed E-state index contributed by atoms with van der Waals surface area (Å²) in [6, 6.07) is 4.23. The molecule has 3 nitrogen and oxygen atoms in total. The number of nitrogens with two attached hydrogens (primary N) is 1. The van der Waals surface area contributed by atoms with Crippen molar-refractivity contribution in [3.63, 3.8) is 0 Å². The highest BCUT2D eigenvalue weighted by Crippen LogP contribution is 2.19. The third kappa shape index (κ3) is 2.57. The van der Waals surface area contributed by atoms with Gasteiger partial charge in [-0.2, -0.15) is 0 Å². The first-order chi connectivity index (χ1) is 7.40. The first kappa shape index (κ1) is 10.2. The van der Waals surface area contributed by atoms with E-state index in [4.69, 9.17) is 5.73 Å². The zero-order valence-electron chi connectivity index (χ0n) is 8.87. The van der Waals surface area contributed by atoms with Gasteiger partial charge in [-0.25, -0.2) is 4.98 Å². The highest BCUT2D eigenvalue weighted by atomic mass is 15.0. The first-order valence-electron chi connectivity index (χ1n) is 5.50. The summed E-state index contributed by atoms with van der Waals surface area (Å²) in [6.45, 7) is 1.73. The fraction of sp³-hybridized carbons (Fsp3) is 0.417. The van der Waals surface area contributed by atoms with Crippen LogP contribution in [0.4, 0.5) is 5.82 Å². The van der Waals surface area contributed by atoms with E-state index in [1.807, 2.05) is 6.08 Å². The molecule has 3 heteroatoms. The molecule has 0 bridgehead atoms. The van der Waals surface area contributed by atoms with Crippen molar-refractivity contribution in [2.75, 3.05) is 18.4 Å². The number of anilines is 1. The number of aryl methyl sites for hydroxylation is 1. The number of hydrogen-bond donors (Lipinski definition) is 2. The van der Waals surface area contributed by atoms with E-state index in [0.29, 0.717) is 6.54 Å². The Morgan fingerprint density at radius 2 is 2.40 bits per heavy atom. The van der Waals surface area contributed by atoms with Crippen molar-refractivity contribution in [2.24, 2.45) is 5.73 Å². The van der Waals surface area contributed by atoms with Crippen LogP contribution in [0.1, 0.15) is 24.1 Å². The Labute approximate surface area is 90.4 Å². The van der Waals surface area contributed by atoms with Gasteiger partial charge in [0.25, 0.3) is 0 Å². The molecule has 0 amide bonds. The van der Waals surface area contributed by atoms with Crippen LogP contribution in [0.3, 0.4) is 0 Å². The van der Waals surface area contributed by atoms with Gasteiger partial charge in [0.2, 0.25) is 0 Å². The lowest BCUT2D eigenvalue weighted by Crippen LogP contribution is -2.13. The Bertz CT molecular complexity index is 358. The molecule has 2 rings (SSSR count). The highest BCUT2D eigenvalue weighted by Gasteiger charge is 2.08. The highest BCUT2D eigenvalue weighted by molar-refractivity contribution is 5.53. The van der Waals surface area contributed by atoms with Gasteiger partial charge in [0.1, 0.15) is 5.82 Å². The van der Waals surface area contributed by atoms with Crippen LogP contribution in [0.5, 0.6) is 0 Å². The van der Waals surface area contributed by atoms with E-state index < -0.39 is 0 Å². The van der Waals surface area contributed by atoms with Gasteiger partial charge >= 0.3 is 0 Å². The van der Waals surface area contributed by atoms with Crippen molar-refractivity contribution in [3.05, 3.63) is 29.5 Å². The molecule has 0 saturated heterocycles. The molecule has 0 spiro atoms. The summed E-state index contributed by atoms with van der Waals surface area (Å²) in [7, 11) is 0. The maximum absolute atomic E-state index is 5.42. The molecule has 1 aliphatic heterocycles. The van der Waals surface area contributed by atoms with Crippen LogP contribution in [0.2, 0.25) is 0 Å². The minimum atomic E-state index is 0.694. The third-order valence-corrected chi connectivity index (χ3v) is 2.54. The van der Waals surface area contributed by atoms with Crippen molar-refractivity contribution in [1.29, 1.82) is 0 Å². The van der Waals surface area contributed by atoms with Crippen LogP contribution in [0.25, 0.3) is 6.08 Å². The summed E-state index contributed by atoms with van der Waals surface area (Å²) >= 11 is 0. The molecule has 15 heavy (non-hydrogen) atoms. The lowest BCUT2D eigenvalue weighted by Gasteiger charge is -2.16.